The molecule has 1 heterocycles. The number of urea groups is 1. The molecule has 0 aliphatic carbocycles. The summed E-state index contributed by atoms with van der Waals surface area (Å²) in [4.78, 5) is 25.2. The average Bonchev–Trinajstić information content (AvgIpc) is 2.65. The van der Waals surface area contributed by atoms with Crippen molar-refractivity contribution in [3.8, 4) is 0 Å². The van der Waals surface area contributed by atoms with E-state index in [0.717, 1.165) is 35.2 Å². The zero-order chi connectivity index (χ0) is 20.3. The van der Waals surface area contributed by atoms with E-state index < -0.39 is 6.04 Å². The van der Waals surface area contributed by atoms with Crippen LogP contribution in [-0.4, -0.2) is 11.9 Å². The van der Waals surface area contributed by atoms with Gasteiger partial charge in [0.2, 0.25) is 0 Å². The molecule has 3 N–H and O–H groups in total. The lowest BCUT2D eigenvalue weighted by Crippen LogP contribution is -2.46. The molecule has 0 bridgehead atoms. The number of anilines is 1. The summed E-state index contributed by atoms with van der Waals surface area (Å²) in [6.45, 7) is 7.90. The number of hydrogen-bond acceptors (Lipinski definition) is 2. The maximum absolute atomic E-state index is 13.1. The number of carbonyl (C=O) groups excluding carboxylic acids is 2. The molecular formula is C23H27N3O2. The summed E-state index contributed by atoms with van der Waals surface area (Å²) in [5.41, 5.74) is 6.13. The summed E-state index contributed by atoms with van der Waals surface area (Å²) in [5.74, 6) is -0.221. The molecule has 0 saturated carbocycles. The van der Waals surface area contributed by atoms with Crippen LogP contribution in [0.5, 0.6) is 0 Å². The number of allylic oxidation sites excluding steroid dienone is 1. The van der Waals surface area contributed by atoms with Crippen molar-refractivity contribution in [3.05, 3.63) is 76.0 Å². The Bertz CT molecular complexity index is 929. The molecule has 1 aliphatic heterocycles. The Kier molecular flexibility index (Phi) is 5.83. The van der Waals surface area contributed by atoms with Gasteiger partial charge in [-0.1, -0.05) is 49.7 Å². The van der Waals surface area contributed by atoms with Crippen LogP contribution >= 0.6 is 0 Å². The van der Waals surface area contributed by atoms with Crippen LogP contribution in [-0.2, 0) is 11.2 Å². The number of aryl methyl sites for hydroxylation is 2. The third-order valence-corrected chi connectivity index (χ3v) is 5.22. The van der Waals surface area contributed by atoms with Crippen LogP contribution in [0.2, 0.25) is 0 Å². The van der Waals surface area contributed by atoms with Crippen LogP contribution in [0.1, 0.15) is 48.6 Å². The van der Waals surface area contributed by atoms with Gasteiger partial charge in [0.25, 0.3) is 5.91 Å². The van der Waals surface area contributed by atoms with E-state index in [2.05, 4.69) is 35.0 Å². The standard InChI is InChI=1S/C23H27N3O2/c1-5-7-17-10-12-18(13-11-17)21-20(16(4)24-23(28)26-21)22(27)25-19-9-6-8-14(2)15(19)3/h6,8-13,21H,5,7H2,1-4H3,(H,25,27)(H2,24,26,28). The largest absolute Gasteiger partial charge is 0.327 e. The summed E-state index contributed by atoms with van der Waals surface area (Å²) in [6.07, 6.45) is 2.08. The zero-order valence-corrected chi connectivity index (χ0v) is 16.8. The number of hydrogen-bond donors (Lipinski definition) is 3. The molecule has 0 aromatic heterocycles. The van der Waals surface area contributed by atoms with Gasteiger partial charge in [-0.3, -0.25) is 4.79 Å². The molecule has 28 heavy (non-hydrogen) atoms. The highest BCUT2D eigenvalue weighted by molar-refractivity contribution is 6.07. The van der Waals surface area contributed by atoms with Gasteiger partial charge in [0.05, 0.1) is 11.6 Å². The van der Waals surface area contributed by atoms with Gasteiger partial charge in [0.1, 0.15) is 0 Å². The number of benzene rings is 2. The van der Waals surface area contributed by atoms with E-state index in [1.807, 2.05) is 44.2 Å². The molecule has 5 heteroatoms. The molecule has 1 aliphatic rings. The third kappa shape index (κ3) is 4.09. The maximum Gasteiger partial charge on any atom is 0.319 e. The lowest BCUT2D eigenvalue weighted by atomic mass is 9.93. The molecule has 5 nitrogen and oxygen atoms in total. The predicted molar refractivity (Wildman–Crippen MR) is 112 cm³/mol. The van der Waals surface area contributed by atoms with Crippen molar-refractivity contribution >= 4 is 17.6 Å². The number of amides is 3. The molecule has 2 aromatic rings. The van der Waals surface area contributed by atoms with E-state index in [1.54, 1.807) is 6.92 Å². The van der Waals surface area contributed by atoms with Crippen molar-refractivity contribution in [2.75, 3.05) is 5.32 Å². The molecule has 2 aromatic carbocycles. The molecule has 3 amide bonds. The molecule has 0 radical (unpaired) electrons. The SMILES string of the molecule is CCCc1ccc(C2NC(=O)NC(C)=C2C(=O)Nc2cccc(C)c2C)cc1. The van der Waals surface area contributed by atoms with Gasteiger partial charge in [-0.25, -0.2) is 4.79 Å². The van der Waals surface area contributed by atoms with Crippen molar-refractivity contribution < 1.29 is 9.59 Å². The third-order valence-electron chi connectivity index (χ3n) is 5.22. The Morgan fingerprint density at radius 2 is 1.79 bits per heavy atom. The van der Waals surface area contributed by atoms with Gasteiger partial charge < -0.3 is 16.0 Å². The lowest BCUT2D eigenvalue weighted by molar-refractivity contribution is -0.113. The fraction of sp³-hybridized carbons (Fsp3) is 0.304. The summed E-state index contributed by atoms with van der Waals surface area (Å²) < 4.78 is 0. The highest BCUT2D eigenvalue weighted by Crippen LogP contribution is 2.29. The Labute approximate surface area is 166 Å². The highest BCUT2D eigenvalue weighted by atomic mass is 16.2. The van der Waals surface area contributed by atoms with Crippen LogP contribution < -0.4 is 16.0 Å². The first-order valence-electron chi connectivity index (χ1n) is 9.65. The van der Waals surface area contributed by atoms with Gasteiger partial charge in [0, 0.05) is 11.4 Å². The Morgan fingerprint density at radius 3 is 2.46 bits per heavy atom. The van der Waals surface area contributed by atoms with Gasteiger partial charge in [-0.15, -0.1) is 0 Å². The van der Waals surface area contributed by atoms with E-state index >= 15 is 0 Å². The first kappa shape index (κ1) is 19.7. The van der Waals surface area contributed by atoms with Crippen LogP contribution in [0.4, 0.5) is 10.5 Å². The Morgan fingerprint density at radius 1 is 1.07 bits per heavy atom. The van der Waals surface area contributed by atoms with Crippen LogP contribution in [0.25, 0.3) is 0 Å². The monoisotopic (exact) mass is 377 g/mol. The Hall–Kier alpha value is -3.08. The smallest absolute Gasteiger partial charge is 0.319 e. The predicted octanol–water partition coefficient (Wildman–Crippen LogP) is 4.52. The summed E-state index contributed by atoms with van der Waals surface area (Å²) in [5, 5.41) is 8.62. The summed E-state index contributed by atoms with van der Waals surface area (Å²) in [7, 11) is 0. The molecule has 1 unspecified atom stereocenters. The quantitative estimate of drug-likeness (QED) is 0.717. The second-order valence-corrected chi connectivity index (χ2v) is 7.26. The maximum atomic E-state index is 13.1. The van der Waals surface area contributed by atoms with Crippen LogP contribution in [0, 0.1) is 13.8 Å². The first-order valence-corrected chi connectivity index (χ1v) is 9.65. The summed E-state index contributed by atoms with van der Waals surface area (Å²) in [6, 6.07) is 13.1. The van der Waals surface area contributed by atoms with Crippen LogP contribution in [0.15, 0.2) is 53.7 Å². The molecule has 146 valence electrons. The second-order valence-electron chi connectivity index (χ2n) is 7.26. The van der Waals surface area contributed by atoms with Crippen LogP contribution in [0.3, 0.4) is 0 Å². The van der Waals surface area contributed by atoms with Gasteiger partial charge >= 0.3 is 6.03 Å². The fourth-order valence-electron chi connectivity index (χ4n) is 3.49. The van der Waals surface area contributed by atoms with E-state index in [-0.39, 0.29) is 11.9 Å². The molecule has 0 spiro atoms. The van der Waals surface area contributed by atoms with E-state index in [1.165, 1.54) is 5.56 Å². The van der Waals surface area contributed by atoms with Crippen molar-refractivity contribution in [3.63, 3.8) is 0 Å². The minimum atomic E-state index is -0.491. The van der Waals surface area contributed by atoms with E-state index in [4.69, 9.17) is 0 Å². The van der Waals surface area contributed by atoms with Gasteiger partial charge in [-0.05, 0) is 55.5 Å². The zero-order valence-electron chi connectivity index (χ0n) is 16.8. The molecule has 0 saturated heterocycles. The molecule has 1 atom stereocenters. The lowest BCUT2D eigenvalue weighted by Gasteiger charge is -2.29. The topological polar surface area (TPSA) is 70.2 Å². The number of nitrogens with one attached hydrogen (secondary N) is 3. The van der Waals surface area contributed by atoms with Crippen molar-refractivity contribution in [1.82, 2.24) is 10.6 Å². The minimum absolute atomic E-state index is 0.221. The highest BCUT2D eigenvalue weighted by Gasteiger charge is 2.31. The molecule has 3 rings (SSSR count). The van der Waals surface area contributed by atoms with Crippen molar-refractivity contribution in [2.45, 2.75) is 46.6 Å². The Balaban J connectivity index is 1.93. The van der Waals surface area contributed by atoms with E-state index in [0.29, 0.717) is 11.3 Å². The normalized spacial score (nSPS) is 16.4. The molecule has 0 fully saturated rings. The summed E-state index contributed by atoms with van der Waals surface area (Å²) >= 11 is 0. The van der Waals surface area contributed by atoms with Gasteiger partial charge in [-0.2, -0.15) is 0 Å². The van der Waals surface area contributed by atoms with Gasteiger partial charge in [0.15, 0.2) is 0 Å². The number of carbonyl (C=O) groups is 2. The number of rotatable bonds is 5. The van der Waals surface area contributed by atoms with Crippen molar-refractivity contribution in [1.29, 1.82) is 0 Å². The van der Waals surface area contributed by atoms with Crippen molar-refractivity contribution in [2.24, 2.45) is 0 Å². The fourth-order valence-corrected chi connectivity index (χ4v) is 3.49. The molecular weight excluding hydrogens is 350 g/mol. The average molecular weight is 377 g/mol. The van der Waals surface area contributed by atoms with E-state index in [9.17, 15) is 9.59 Å². The first-order chi connectivity index (χ1) is 13.4. The second kappa shape index (κ2) is 8.30. The minimum Gasteiger partial charge on any atom is -0.327 e.